The van der Waals surface area contributed by atoms with Crippen molar-refractivity contribution in [3.63, 3.8) is 0 Å². The van der Waals surface area contributed by atoms with Crippen molar-refractivity contribution in [2.45, 2.75) is 6.61 Å². The number of aromatic nitrogens is 5. The molecule has 11 nitrogen and oxygen atoms in total. The van der Waals surface area contributed by atoms with Crippen LogP contribution in [-0.2, 0) is 6.61 Å². The zero-order valence-electron chi connectivity index (χ0n) is 15.3. The lowest BCUT2D eigenvalue weighted by atomic mass is 10.3. The predicted octanol–water partition coefficient (Wildman–Crippen LogP) is 0.723. The SMILES string of the molecule is CN(C)c1nc(N)nc(COc2cccc(NC(=O)c3nccnc3N)c2)n1. The summed E-state index contributed by atoms with van der Waals surface area (Å²) in [5.41, 5.74) is 11.9. The van der Waals surface area contributed by atoms with Crippen LogP contribution in [0, 0.1) is 0 Å². The molecule has 0 unspecified atom stereocenters. The fraction of sp³-hybridized carbons (Fsp3) is 0.176. The van der Waals surface area contributed by atoms with Crippen molar-refractivity contribution in [1.82, 2.24) is 24.9 Å². The molecule has 0 spiro atoms. The summed E-state index contributed by atoms with van der Waals surface area (Å²) in [6.07, 6.45) is 2.81. The van der Waals surface area contributed by atoms with Crippen molar-refractivity contribution in [2.75, 3.05) is 35.8 Å². The van der Waals surface area contributed by atoms with Gasteiger partial charge in [-0.2, -0.15) is 15.0 Å². The van der Waals surface area contributed by atoms with Crippen LogP contribution in [0.5, 0.6) is 5.75 Å². The molecule has 0 atom stereocenters. The number of amides is 1. The lowest BCUT2D eigenvalue weighted by molar-refractivity contribution is 0.102. The van der Waals surface area contributed by atoms with E-state index in [1.165, 1.54) is 12.4 Å². The average molecular weight is 381 g/mol. The van der Waals surface area contributed by atoms with Gasteiger partial charge in [-0.05, 0) is 12.1 Å². The van der Waals surface area contributed by atoms with Crippen molar-refractivity contribution < 1.29 is 9.53 Å². The number of ether oxygens (including phenoxy) is 1. The van der Waals surface area contributed by atoms with Crippen LogP contribution in [0.1, 0.15) is 16.3 Å². The zero-order valence-corrected chi connectivity index (χ0v) is 15.3. The Labute approximate surface area is 160 Å². The first-order valence-electron chi connectivity index (χ1n) is 8.21. The Morgan fingerprint density at radius 1 is 1.14 bits per heavy atom. The molecule has 3 rings (SSSR count). The summed E-state index contributed by atoms with van der Waals surface area (Å²) in [6.45, 7) is 0.0854. The van der Waals surface area contributed by atoms with Gasteiger partial charge in [-0.3, -0.25) is 4.79 Å². The van der Waals surface area contributed by atoms with Gasteiger partial charge < -0.3 is 26.4 Å². The molecule has 0 aliphatic rings. The number of nitrogen functional groups attached to an aromatic ring is 2. The Hall–Kier alpha value is -4.02. The Morgan fingerprint density at radius 2 is 1.93 bits per heavy atom. The lowest BCUT2D eigenvalue weighted by Gasteiger charge is -2.12. The minimum atomic E-state index is -0.469. The molecular formula is C17H19N9O2. The highest BCUT2D eigenvalue weighted by Gasteiger charge is 2.13. The second-order valence-corrected chi connectivity index (χ2v) is 5.87. The molecule has 2 aromatic heterocycles. The maximum absolute atomic E-state index is 12.3. The number of nitrogens with one attached hydrogen (secondary N) is 1. The summed E-state index contributed by atoms with van der Waals surface area (Å²) in [6, 6.07) is 6.84. The summed E-state index contributed by atoms with van der Waals surface area (Å²) in [5, 5.41) is 2.70. The van der Waals surface area contributed by atoms with Crippen molar-refractivity contribution in [2.24, 2.45) is 0 Å². The number of nitrogens with two attached hydrogens (primary N) is 2. The van der Waals surface area contributed by atoms with Gasteiger partial charge in [0, 0.05) is 38.2 Å². The first-order valence-corrected chi connectivity index (χ1v) is 8.21. The number of anilines is 4. The third-order valence-electron chi connectivity index (χ3n) is 3.49. The molecule has 144 valence electrons. The molecule has 1 aromatic carbocycles. The van der Waals surface area contributed by atoms with Crippen molar-refractivity contribution in [3.05, 3.63) is 48.2 Å². The number of carbonyl (C=O) groups is 1. The topological polar surface area (TPSA) is 158 Å². The van der Waals surface area contributed by atoms with E-state index in [4.69, 9.17) is 16.2 Å². The number of carbonyl (C=O) groups excluding carboxylic acids is 1. The van der Waals surface area contributed by atoms with Gasteiger partial charge in [0.1, 0.15) is 12.4 Å². The second kappa shape index (κ2) is 8.12. The standard InChI is InChI=1S/C17H19N9O2/c1-26(2)17-24-12(23-16(19)25-17)9-28-11-5-3-4-10(8-11)22-15(27)13-14(18)21-7-6-20-13/h3-8H,9H2,1-2H3,(H2,18,21)(H,22,27)(H2,19,23,24,25). The van der Waals surface area contributed by atoms with Gasteiger partial charge in [-0.25, -0.2) is 9.97 Å². The van der Waals surface area contributed by atoms with Gasteiger partial charge >= 0.3 is 0 Å². The van der Waals surface area contributed by atoms with E-state index in [-0.39, 0.29) is 24.1 Å². The molecule has 0 fully saturated rings. The van der Waals surface area contributed by atoms with Crippen LogP contribution in [0.4, 0.5) is 23.4 Å². The molecule has 0 saturated carbocycles. The van der Waals surface area contributed by atoms with E-state index in [0.717, 1.165) is 0 Å². The Kier molecular flexibility index (Phi) is 5.44. The van der Waals surface area contributed by atoms with Crippen LogP contribution < -0.4 is 26.4 Å². The normalized spacial score (nSPS) is 10.4. The van der Waals surface area contributed by atoms with E-state index in [2.05, 4.69) is 30.2 Å². The van der Waals surface area contributed by atoms with E-state index >= 15 is 0 Å². The molecule has 5 N–H and O–H groups in total. The van der Waals surface area contributed by atoms with Crippen LogP contribution in [-0.4, -0.2) is 44.9 Å². The minimum absolute atomic E-state index is 0.0469. The summed E-state index contributed by atoms with van der Waals surface area (Å²) in [7, 11) is 3.60. The lowest BCUT2D eigenvalue weighted by Crippen LogP contribution is -2.17. The highest BCUT2D eigenvalue weighted by molar-refractivity contribution is 6.05. The van der Waals surface area contributed by atoms with Crippen molar-refractivity contribution in [1.29, 1.82) is 0 Å². The first-order chi connectivity index (χ1) is 13.4. The summed E-state index contributed by atoms with van der Waals surface area (Å²) in [4.78, 5) is 34.1. The number of rotatable bonds is 6. The van der Waals surface area contributed by atoms with Crippen molar-refractivity contribution >= 4 is 29.3 Å². The van der Waals surface area contributed by atoms with Gasteiger partial charge in [0.15, 0.2) is 17.3 Å². The zero-order chi connectivity index (χ0) is 20.1. The van der Waals surface area contributed by atoms with Crippen LogP contribution >= 0.6 is 0 Å². The Morgan fingerprint density at radius 3 is 2.68 bits per heavy atom. The van der Waals surface area contributed by atoms with Gasteiger partial charge in [-0.1, -0.05) is 6.07 Å². The number of nitrogens with zero attached hydrogens (tertiary/aromatic N) is 6. The molecular weight excluding hydrogens is 362 g/mol. The first kappa shape index (κ1) is 18.8. The van der Waals surface area contributed by atoms with Crippen molar-refractivity contribution in [3.8, 4) is 5.75 Å². The van der Waals surface area contributed by atoms with Crippen LogP contribution in [0.2, 0.25) is 0 Å². The molecule has 28 heavy (non-hydrogen) atoms. The minimum Gasteiger partial charge on any atom is -0.486 e. The van der Waals surface area contributed by atoms with Crippen LogP contribution in [0.25, 0.3) is 0 Å². The summed E-state index contributed by atoms with van der Waals surface area (Å²) < 4.78 is 5.70. The number of hydrogen-bond acceptors (Lipinski definition) is 10. The van der Waals surface area contributed by atoms with Gasteiger partial charge in [0.25, 0.3) is 5.91 Å². The van der Waals surface area contributed by atoms with E-state index in [0.29, 0.717) is 23.2 Å². The van der Waals surface area contributed by atoms with Crippen LogP contribution in [0.3, 0.4) is 0 Å². The van der Waals surface area contributed by atoms with E-state index in [1.807, 2.05) is 0 Å². The molecule has 0 radical (unpaired) electrons. The fourth-order valence-electron chi connectivity index (χ4n) is 2.22. The maximum Gasteiger partial charge on any atom is 0.278 e. The molecule has 0 aliphatic heterocycles. The summed E-state index contributed by atoms with van der Waals surface area (Å²) >= 11 is 0. The Balaban J connectivity index is 1.69. The molecule has 0 bridgehead atoms. The largest absolute Gasteiger partial charge is 0.486 e. The third kappa shape index (κ3) is 4.58. The van der Waals surface area contributed by atoms with Gasteiger partial charge in [0.2, 0.25) is 11.9 Å². The molecule has 11 heteroatoms. The summed E-state index contributed by atoms with van der Waals surface area (Å²) in [5.74, 6) is 1.03. The van der Waals surface area contributed by atoms with Crippen LogP contribution in [0.15, 0.2) is 36.7 Å². The van der Waals surface area contributed by atoms with E-state index in [9.17, 15) is 4.79 Å². The van der Waals surface area contributed by atoms with E-state index < -0.39 is 5.91 Å². The maximum atomic E-state index is 12.3. The molecule has 2 heterocycles. The Bertz CT molecular complexity index is 994. The highest BCUT2D eigenvalue weighted by Crippen LogP contribution is 2.19. The second-order valence-electron chi connectivity index (χ2n) is 5.87. The monoisotopic (exact) mass is 381 g/mol. The molecule has 3 aromatic rings. The molecule has 0 aliphatic carbocycles. The fourth-order valence-corrected chi connectivity index (χ4v) is 2.22. The number of benzene rings is 1. The predicted molar refractivity (Wildman–Crippen MR) is 104 cm³/mol. The smallest absolute Gasteiger partial charge is 0.278 e. The van der Waals surface area contributed by atoms with E-state index in [1.54, 1.807) is 43.3 Å². The quantitative estimate of drug-likeness (QED) is 0.555. The average Bonchev–Trinajstić information content (AvgIpc) is 2.66. The van der Waals surface area contributed by atoms with Gasteiger partial charge in [-0.15, -0.1) is 0 Å². The molecule has 0 saturated heterocycles. The number of hydrogen-bond donors (Lipinski definition) is 3. The molecule has 1 amide bonds. The third-order valence-corrected chi connectivity index (χ3v) is 3.49. The van der Waals surface area contributed by atoms with Gasteiger partial charge in [0.05, 0.1) is 0 Å². The highest BCUT2D eigenvalue weighted by atomic mass is 16.5.